The highest BCUT2D eigenvalue weighted by Gasteiger charge is 2.21. The van der Waals surface area contributed by atoms with Crippen LogP contribution in [0.1, 0.15) is 23.6 Å². The molecular weight excluding hydrogens is 242 g/mol. The molecule has 0 spiro atoms. The van der Waals surface area contributed by atoms with Crippen LogP contribution in [-0.4, -0.2) is 33.1 Å². The molecule has 1 aliphatic rings. The first-order valence-electron chi connectivity index (χ1n) is 6.48. The van der Waals surface area contributed by atoms with Gasteiger partial charge in [0.15, 0.2) is 0 Å². The van der Waals surface area contributed by atoms with Gasteiger partial charge in [0.25, 0.3) is 0 Å². The second-order valence-electron chi connectivity index (χ2n) is 4.86. The molecule has 0 amide bonds. The first-order valence-corrected chi connectivity index (χ1v) is 6.48. The number of nitrogens with zero attached hydrogens (tertiary/aromatic N) is 3. The van der Waals surface area contributed by atoms with E-state index in [9.17, 15) is 5.11 Å². The lowest BCUT2D eigenvalue weighted by atomic mass is 10.1. The smallest absolute Gasteiger partial charge is 0.137 e. The molecule has 0 radical (unpaired) electrons. The molecule has 1 N–H and O–H groups in total. The van der Waals surface area contributed by atoms with E-state index in [-0.39, 0.29) is 6.10 Å². The molecular formula is C14H17N3O2. The van der Waals surface area contributed by atoms with Crippen LogP contribution in [0.2, 0.25) is 0 Å². The van der Waals surface area contributed by atoms with Crippen molar-refractivity contribution < 1.29 is 9.84 Å². The minimum absolute atomic E-state index is 0.280. The van der Waals surface area contributed by atoms with E-state index >= 15 is 0 Å². The van der Waals surface area contributed by atoms with Crippen LogP contribution in [0.3, 0.4) is 0 Å². The Kier molecular flexibility index (Phi) is 3.21. The Morgan fingerprint density at radius 3 is 2.84 bits per heavy atom. The number of methoxy groups -OCH3 is 1. The van der Waals surface area contributed by atoms with Crippen LogP contribution >= 0.6 is 0 Å². The average molecular weight is 259 g/mol. The molecule has 1 atom stereocenters. The SMILES string of the molecule is COc1ccc(Cc2nnc3n2CC(O)CC3)cc1. The van der Waals surface area contributed by atoms with Gasteiger partial charge in [0, 0.05) is 12.8 Å². The van der Waals surface area contributed by atoms with Gasteiger partial charge in [-0.1, -0.05) is 12.1 Å². The third-order valence-electron chi connectivity index (χ3n) is 3.52. The number of hydrogen-bond donors (Lipinski definition) is 1. The fourth-order valence-corrected chi connectivity index (χ4v) is 2.42. The number of rotatable bonds is 3. The molecule has 1 unspecified atom stereocenters. The average Bonchev–Trinajstić information content (AvgIpc) is 2.82. The minimum atomic E-state index is -0.280. The van der Waals surface area contributed by atoms with E-state index in [0.29, 0.717) is 6.54 Å². The summed E-state index contributed by atoms with van der Waals surface area (Å²) in [6.45, 7) is 0.605. The first-order chi connectivity index (χ1) is 9.26. The number of fused-ring (bicyclic) bond motifs is 1. The third kappa shape index (κ3) is 2.46. The van der Waals surface area contributed by atoms with Gasteiger partial charge < -0.3 is 14.4 Å². The van der Waals surface area contributed by atoms with Crippen molar-refractivity contribution in [3.8, 4) is 5.75 Å². The van der Waals surface area contributed by atoms with Gasteiger partial charge in [-0.3, -0.25) is 0 Å². The maximum atomic E-state index is 9.74. The predicted octanol–water partition coefficient (Wildman–Crippen LogP) is 1.18. The quantitative estimate of drug-likeness (QED) is 0.899. The van der Waals surface area contributed by atoms with Crippen molar-refractivity contribution in [2.75, 3.05) is 7.11 Å². The summed E-state index contributed by atoms with van der Waals surface area (Å²) in [5.74, 6) is 2.75. The lowest BCUT2D eigenvalue weighted by molar-refractivity contribution is 0.129. The Morgan fingerprint density at radius 2 is 2.11 bits per heavy atom. The number of hydrogen-bond acceptors (Lipinski definition) is 4. The number of aliphatic hydroxyl groups is 1. The van der Waals surface area contributed by atoms with Gasteiger partial charge in [0.05, 0.1) is 19.8 Å². The number of aryl methyl sites for hydroxylation is 1. The topological polar surface area (TPSA) is 60.2 Å². The molecule has 0 fully saturated rings. The van der Waals surface area contributed by atoms with Crippen molar-refractivity contribution in [2.24, 2.45) is 0 Å². The standard InChI is InChI=1S/C14H17N3O2/c1-19-12-5-2-10(3-6-12)8-14-16-15-13-7-4-11(18)9-17(13)14/h2-3,5-6,11,18H,4,7-9H2,1H3. The van der Waals surface area contributed by atoms with Crippen LogP contribution < -0.4 is 4.74 Å². The molecule has 5 heteroatoms. The Labute approximate surface area is 111 Å². The Bertz CT molecular complexity index is 563. The summed E-state index contributed by atoms with van der Waals surface area (Å²) in [6.07, 6.45) is 2.03. The summed E-state index contributed by atoms with van der Waals surface area (Å²) in [7, 11) is 1.66. The van der Waals surface area contributed by atoms with E-state index in [1.165, 1.54) is 0 Å². The molecule has 3 rings (SSSR count). The zero-order valence-electron chi connectivity index (χ0n) is 10.9. The van der Waals surface area contributed by atoms with Crippen molar-refractivity contribution in [2.45, 2.75) is 31.9 Å². The molecule has 2 aromatic rings. The Balaban J connectivity index is 1.81. The second kappa shape index (κ2) is 5.01. The van der Waals surface area contributed by atoms with Crippen LogP contribution in [0.25, 0.3) is 0 Å². The first kappa shape index (κ1) is 12.2. The van der Waals surface area contributed by atoms with Gasteiger partial charge in [0.1, 0.15) is 17.4 Å². The number of aliphatic hydroxyl groups excluding tert-OH is 1. The maximum Gasteiger partial charge on any atom is 0.137 e. The number of aromatic nitrogens is 3. The summed E-state index contributed by atoms with van der Waals surface area (Å²) >= 11 is 0. The number of ether oxygens (including phenoxy) is 1. The molecule has 0 saturated carbocycles. The summed E-state index contributed by atoms with van der Waals surface area (Å²) in [5, 5.41) is 18.2. The van der Waals surface area contributed by atoms with Gasteiger partial charge in [0.2, 0.25) is 0 Å². The fraction of sp³-hybridized carbons (Fsp3) is 0.429. The van der Waals surface area contributed by atoms with Crippen molar-refractivity contribution >= 4 is 0 Å². The van der Waals surface area contributed by atoms with Crippen molar-refractivity contribution in [3.05, 3.63) is 41.5 Å². The molecule has 5 nitrogen and oxygen atoms in total. The van der Waals surface area contributed by atoms with Crippen molar-refractivity contribution in [1.29, 1.82) is 0 Å². The minimum Gasteiger partial charge on any atom is -0.497 e. The van der Waals surface area contributed by atoms with Crippen molar-refractivity contribution in [3.63, 3.8) is 0 Å². The number of benzene rings is 1. The highest BCUT2D eigenvalue weighted by molar-refractivity contribution is 5.29. The van der Waals surface area contributed by atoms with Gasteiger partial charge in [-0.2, -0.15) is 0 Å². The van der Waals surface area contributed by atoms with Crippen LogP contribution in [0.4, 0.5) is 0 Å². The lowest BCUT2D eigenvalue weighted by Crippen LogP contribution is -2.25. The van der Waals surface area contributed by atoms with Gasteiger partial charge >= 0.3 is 0 Å². The maximum absolute atomic E-state index is 9.74. The molecule has 19 heavy (non-hydrogen) atoms. The van der Waals surface area contributed by atoms with Crippen LogP contribution in [0.5, 0.6) is 5.75 Å². The van der Waals surface area contributed by atoms with E-state index in [1.54, 1.807) is 7.11 Å². The largest absolute Gasteiger partial charge is 0.497 e. The summed E-state index contributed by atoms with van der Waals surface area (Å²) in [6, 6.07) is 7.94. The molecule has 0 bridgehead atoms. The van der Waals surface area contributed by atoms with Crippen molar-refractivity contribution in [1.82, 2.24) is 14.8 Å². The van der Waals surface area contributed by atoms with E-state index < -0.39 is 0 Å². The van der Waals surface area contributed by atoms with E-state index in [0.717, 1.165) is 42.2 Å². The summed E-state index contributed by atoms with van der Waals surface area (Å²) in [4.78, 5) is 0. The van der Waals surface area contributed by atoms with E-state index in [4.69, 9.17) is 4.74 Å². The Morgan fingerprint density at radius 1 is 1.32 bits per heavy atom. The van der Waals surface area contributed by atoms with Crippen LogP contribution in [0, 0.1) is 0 Å². The van der Waals surface area contributed by atoms with Crippen LogP contribution in [-0.2, 0) is 19.4 Å². The normalized spacial score (nSPS) is 18.1. The molecule has 0 saturated heterocycles. The van der Waals surface area contributed by atoms with E-state index in [2.05, 4.69) is 10.2 Å². The van der Waals surface area contributed by atoms with Crippen LogP contribution in [0.15, 0.2) is 24.3 Å². The molecule has 1 aliphatic heterocycles. The second-order valence-corrected chi connectivity index (χ2v) is 4.86. The molecule has 100 valence electrons. The van der Waals surface area contributed by atoms with Gasteiger partial charge in [-0.25, -0.2) is 0 Å². The predicted molar refractivity (Wildman–Crippen MR) is 70.1 cm³/mol. The molecule has 1 aromatic carbocycles. The highest BCUT2D eigenvalue weighted by Crippen LogP contribution is 2.18. The lowest BCUT2D eigenvalue weighted by Gasteiger charge is -2.19. The fourth-order valence-electron chi connectivity index (χ4n) is 2.42. The zero-order valence-corrected chi connectivity index (χ0v) is 10.9. The van der Waals surface area contributed by atoms with Gasteiger partial charge in [-0.15, -0.1) is 10.2 Å². The Hall–Kier alpha value is -1.88. The third-order valence-corrected chi connectivity index (χ3v) is 3.52. The molecule has 2 heterocycles. The zero-order chi connectivity index (χ0) is 13.2. The monoisotopic (exact) mass is 259 g/mol. The molecule has 1 aromatic heterocycles. The molecule has 0 aliphatic carbocycles. The van der Waals surface area contributed by atoms with Gasteiger partial charge in [-0.05, 0) is 24.1 Å². The highest BCUT2D eigenvalue weighted by atomic mass is 16.5. The summed E-state index contributed by atoms with van der Waals surface area (Å²) in [5.41, 5.74) is 1.16. The summed E-state index contributed by atoms with van der Waals surface area (Å²) < 4.78 is 7.18. The van der Waals surface area contributed by atoms with E-state index in [1.807, 2.05) is 28.8 Å².